The van der Waals surface area contributed by atoms with Gasteiger partial charge in [0.25, 0.3) is 0 Å². The minimum atomic E-state index is -3.49. The molecule has 9 heteroatoms. The molecule has 2 aromatic heterocycles. The molecule has 0 aliphatic carbocycles. The Morgan fingerprint density at radius 2 is 1.69 bits per heavy atom. The second-order valence-corrected chi connectivity index (χ2v) is 7.38. The zero-order chi connectivity index (χ0) is 18.4. The number of nitrogens with zero attached hydrogens (tertiary/aromatic N) is 3. The number of anilines is 1. The summed E-state index contributed by atoms with van der Waals surface area (Å²) in [5.41, 5.74) is 0.526. The van der Waals surface area contributed by atoms with E-state index in [0.29, 0.717) is 23.7 Å². The molecule has 3 rings (SSSR count). The summed E-state index contributed by atoms with van der Waals surface area (Å²) in [6, 6.07) is 12.8. The SMILES string of the molecule is O=S(=O)(Cc1ccc(F)cc1)NCCNc1ccc(-n2cccc2)nn1. The molecule has 2 heterocycles. The lowest BCUT2D eigenvalue weighted by Crippen LogP contribution is -2.30. The van der Waals surface area contributed by atoms with Gasteiger partial charge in [0.2, 0.25) is 10.0 Å². The molecule has 0 unspecified atom stereocenters. The van der Waals surface area contributed by atoms with Crippen LogP contribution in [0.15, 0.2) is 60.9 Å². The second-order valence-electron chi connectivity index (χ2n) is 5.57. The Hall–Kier alpha value is -2.78. The molecule has 2 N–H and O–H groups in total. The molecule has 0 bridgehead atoms. The van der Waals surface area contributed by atoms with E-state index in [4.69, 9.17) is 0 Å². The fourth-order valence-corrected chi connectivity index (χ4v) is 3.44. The largest absolute Gasteiger partial charge is 0.367 e. The third-order valence-electron chi connectivity index (χ3n) is 3.54. The molecule has 3 aromatic rings. The molecule has 0 saturated heterocycles. The van der Waals surface area contributed by atoms with Gasteiger partial charge in [-0.1, -0.05) is 12.1 Å². The predicted molar refractivity (Wildman–Crippen MR) is 96.9 cm³/mol. The minimum Gasteiger partial charge on any atom is -0.367 e. The van der Waals surface area contributed by atoms with Gasteiger partial charge in [0.15, 0.2) is 5.82 Å². The third kappa shape index (κ3) is 5.11. The van der Waals surface area contributed by atoms with Gasteiger partial charge < -0.3 is 9.88 Å². The van der Waals surface area contributed by atoms with Crippen molar-refractivity contribution >= 4 is 15.8 Å². The highest BCUT2D eigenvalue weighted by molar-refractivity contribution is 7.88. The van der Waals surface area contributed by atoms with Gasteiger partial charge in [-0.2, -0.15) is 0 Å². The standard InChI is InChI=1S/C17H18FN5O2S/c18-15-5-3-14(4-6-15)13-26(24,25)20-10-9-19-16-7-8-17(22-21-16)23-11-1-2-12-23/h1-8,11-12,20H,9-10,13H2,(H,19,21). The summed E-state index contributed by atoms with van der Waals surface area (Å²) in [4.78, 5) is 0. The fraction of sp³-hybridized carbons (Fsp3) is 0.176. The van der Waals surface area contributed by atoms with Crippen molar-refractivity contribution in [3.8, 4) is 5.82 Å². The van der Waals surface area contributed by atoms with E-state index in [9.17, 15) is 12.8 Å². The molecule has 0 aliphatic rings. The molecular formula is C17H18FN5O2S. The van der Waals surface area contributed by atoms with Crippen LogP contribution in [0.3, 0.4) is 0 Å². The number of hydrogen-bond donors (Lipinski definition) is 2. The van der Waals surface area contributed by atoms with E-state index in [-0.39, 0.29) is 12.3 Å². The summed E-state index contributed by atoms with van der Waals surface area (Å²) in [7, 11) is -3.49. The first-order valence-corrected chi connectivity index (χ1v) is 9.60. The molecule has 0 atom stereocenters. The van der Waals surface area contributed by atoms with Crippen LogP contribution in [-0.2, 0) is 15.8 Å². The zero-order valence-corrected chi connectivity index (χ0v) is 14.7. The topological polar surface area (TPSA) is 88.9 Å². The van der Waals surface area contributed by atoms with Crippen LogP contribution in [0.2, 0.25) is 0 Å². The van der Waals surface area contributed by atoms with E-state index in [2.05, 4.69) is 20.2 Å². The van der Waals surface area contributed by atoms with Gasteiger partial charge >= 0.3 is 0 Å². The highest BCUT2D eigenvalue weighted by atomic mass is 32.2. The Kier molecular flexibility index (Phi) is 5.59. The van der Waals surface area contributed by atoms with E-state index < -0.39 is 15.8 Å². The minimum absolute atomic E-state index is 0.196. The van der Waals surface area contributed by atoms with E-state index >= 15 is 0 Å². The second kappa shape index (κ2) is 8.07. The third-order valence-corrected chi connectivity index (χ3v) is 4.90. The number of halogens is 1. The van der Waals surface area contributed by atoms with Crippen molar-refractivity contribution in [2.45, 2.75) is 5.75 Å². The molecule has 1 aromatic carbocycles. The number of hydrogen-bond acceptors (Lipinski definition) is 5. The summed E-state index contributed by atoms with van der Waals surface area (Å²) < 4.78 is 41.2. The number of rotatable bonds is 8. The lowest BCUT2D eigenvalue weighted by Gasteiger charge is -2.09. The Morgan fingerprint density at radius 1 is 0.962 bits per heavy atom. The molecule has 0 amide bonds. The quantitative estimate of drug-likeness (QED) is 0.588. The average Bonchev–Trinajstić information content (AvgIpc) is 3.16. The summed E-state index contributed by atoms with van der Waals surface area (Å²) in [5, 5.41) is 11.1. The predicted octanol–water partition coefficient (Wildman–Crippen LogP) is 1.94. The van der Waals surface area contributed by atoms with Gasteiger partial charge in [-0.05, 0) is 42.0 Å². The summed E-state index contributed by atoms with van der Waals surface area (Å²) in [6.45, 7) is 0.560. The lowest BCUT2D eigenvalue weighted by molar-refractivity contribution is 0.581. The van der Waals surface area contributed by atoms with Gasteiger partial charge in [0.1, 0.15) is 11.6 Å². The van der Waals surface area contributed by atoms with Crippen LogP contribution in [0.4, 0.5) is 10.2 Å². The first-order chi connectivity index (χ1) is 12.5. The van der Waals surface area contributed by atoms with E-state index in [0.717, 1.165) is 0 Å². The summed E-state index contributed by atoms with van der Waals surface area (Å²) in [5.74, 6) is 0.657. The van der Waals surface area contributed by atoms with Crippen LogP contribution in [0.25, 0.3) is 5.82 Å². The molecule has 0 aliphatic heterocycles. The van der Waals surface area contributed by atoms with Crippen LogP contribution < -0.4 is 10.0 Å². The number of sulfonamides is 1. The maximum Gasteiger partial charge on any atom is 0.215 e. The summed E-state index contributed by atoms with van der Waals surface area (Å²) >= 11 is 0. The van der Waals surface area contributed by atoms with Crippen molar-refractivity contribution < 1.29 is 12.8 Å². The first-order valence-electron chi connectivity index (χ1n) is 7.95. The molecule has 0 saturated carbocycles. The van der Waals surface area contributed by atoms with Gasteiger partial charge in [-0.25, -0.2) is 17.5 Å². The van der Waals surface area contributed by atoms with Crippen LogP contribution in [0.1, 0.15) is 5.56 Å². The Morgan fingerprint density at radius 3 is 2.35 bits per heavy atom. The lowest BCUT2D eigenvalue weighted by atomic mass is 10.2. The van der Waals surface area contributed by atoms with Gasteiger partial charge in [-0.3, -0.25) is 0 Å². The molecule has 0 fully saturated rings. The smallest absolute Gasteiger partial charge is 0.215 e. The van der Waals surface area contributed by atoms with Crippen LogP contribution >= 0.6 is 0 Å². The van der Waals surface area contributed by atoms with Crippen LogP contribution in [0.5, 0.6) is 0 Å². The van der Waals surface area contributed by atoms with Crippen LogP contribution in [-0.4, -0.2) is 36.3 Å². The molecule has 0 radical (unpaired) electrons. The number of nitrogens with one attached hydrogen (secondary N) is 2. The number of aromatic nitrogens is 3. The Bertz CT molecular complexity index is 926. The Balaban J connectivity index is 1.45. The maximum absolute atomic E-state index is 12.8. The van der Waals surface area contributed by atoms with Crippen molar-refractivity contribution in [2.75, 3.05) is 18.4 Å². The Labute approximate surface area is 150 Å². The van der Waals surface area contributed by atoms with Crippen LogP contribution in [0, 0.1) is 5.82 Å². The molecule has 0 spiro atoms. The normalized spacial score (nSPS) is 11.4. The van der Waals surface area contributed by atoms with E-state index in [1.807, 2.05) is 35.2 Å². The van der Waals surface area contributed by atoms with Crippen molar-refractivity contribution in [1.82, 2.24) is 19.5 Å². The first kappa shape index (κ1) is 18.0. The summed E-state index contributed by atoms with van der Waals surface area (Å²) in [6.07, 6.45) is 3.74. The highest BCUT2D eigenvalue weighted by Gasteiger charge is 2.11. The average molecular weight is 375 g/mol. The van der Waals surface area contributed by atoms with E-state index in [1.165, 1.54) is 24.3 Å². The molecular weight excluding hydrogens is 357 g/mol. The molecule has 136 valence electrons. The van der Waals surface area contributed by atoms with E-state index in [1.54, 1.807) is 6.07 Å². The van der Waals surface area contributed by atoms with Crippen molar-refractivity contribution in [2.24, 2.45) is 0 Å². The van der Waals surface area contributed by atoms with Crippen molar-refractivity contribution in [3.05, 3.63) is 72.3 Å². The fourth-order valence-electron chi connectivity index (χ4n) is 2.29. The highest BCUT2D eigenvalue weighted by Crippen LogP contribution is 2.08. The number of benzene rings is 1. The van der Waals surface area contributed by atoms with Gasteiger partial charge in [0.05, 0.1) is 5.75 Å². The van der Waals surface area contributed by atoms with Crippen molar-refractivity contribution in [3.63, 3.8) is 0 Å². The maximum atomic E-state index is 12.8. The monoisotopic (exact) mass is 375 g/mol. The molecule has 7 nitrogen and oxygen atoms in total. The van der Waals surface area contributed by atoms with Crippen molar-refractivity contribution in [1.29, 1.82) is 0 Å². The molecule has 26 heavy (non-hydrogen) atoms. The van der Waals surface area contributed by atoms with Gasteiger partial charge in [-0.15, -0.1) is 10.2 Å². The van der Waals surface area contributed by atoms with Gasteiger partial charge in [0, 0.05) is 25.5 Å². The zero-order valence-electron chi connectivity index (χ0n) is 13.8.